The van der Waals surface area contributed by atoms with Crippen LogP contribution in [-0.2, 0) is 4.74 Å². The van der Waals surface area contributed by atoms with Crippen LogP contribution in [0.2, 0.25) is 0 Å². The van der Waals surface area contributed by atoms with Crippen molar-refractivity contribution in [2.24, 2.45) is 0 Å². The van der Waals surface area contributed by atoms with Gasteiger partial charge in [0, 0.05) is 18.1 Å². The Morgan fingerprint density at radius 1 is 1.25 bits per heavy atom. The topological polar surface area (TPSA) is 67.4 Å². The molecule has 2 amide bonds. The number of nitrogens with one attached hydrogen (secondary N) is 2. The molecule has 0 bridgehead atoms. The summed E-state index contributed by atoms with van der Waals surface area (Å²) in [5, 5.41) is 5.21. The lowest BCUT2D eigenvalue weighted by atomic mass is 10.2. The first-order chi connectivity index (χ1) is 9.67. The number of esters is 1. The normalized spacial score (nSPS) is 9.90. The van der Waals surface area contributed by atoms with Gasteiger partial charge in [-0.1, -0.05) is 13.3 Å². The monoisotopic (exact) mass is 298 g/mol. The number of benzene rings is 1. The summed E-state index contributed by atoms with van der Waals surface area (Å²) in [5.74, 6) is 0.00672. The molecule has 0 saturated carbocycles. The zero-order valence-electron chi connectivity index (χ0n) is 11.4. The van der Waals surface area contributed by atoms with Gasteiger partial charge in [0.05, 0.1) is 12.2 Å². The highest BCUT2D eigenvalue weighted by molar-refractivity contribution is 6.18. The minimum Gasteiger partial charge on any atom is -0.462 e. The van der Waals surface area contributed by atoms with Crippen molar-refractivity contribution >= 4 is 29.3 Å². The van der Waals surface area contributed by atoms with Gasteiger partial charge in [0.15, 0.2) is 0 Å². The molecule has 6 heteroatoms. The number of carbonyl (C=O) groups excluding carboxylic acids is 2. The summed E-state index contributed by atoms with van der Waals surface area (Å²) in [6.45, 7) is 2.86. The van der Waals surface area contributed by atoms with E-state index >= 15 is 0 Å². The Hall–Kier alpha value is -1.75. The average Bonchev–Trinajstić information content (AvgIpc) is 2.46. The van der Waals surface area contributed by atoms with E-state index in [1.54, 1.807) is 24.3 Å². The first-order valence-corrected chi connectivity index (χ1v) is 7.08. The number of halogens is 1. The van der Waals surface area contributed by atoms with Crippen molar-refractivity contribution in [1.82, 2.24) is 5.32 Å². The van der Waals surface area contributed by atoms with E-state index < -0.39 is 0 Å². The molecule has 0 spiro atoms. The number of anilines is 1. The van der Waals surface area contributed by atoms with Crippen molar-refractivity contribution in [3.05, 3.63) is 29.8 Å². The standard InChI is InChI=1S/C14H19ClN2O3/c1-2-3-10-20-13(18)11-4-6-12(7-5-11)17-14(19)16-9-8-15/h4-7H,2-3,8-10H2,1H3,(H2,16,17,19). The first-order valence-electron chi connectivity index (χ1n) is 6.55. The molecule has 0 aliphatic heterocycles. The van der Waals surface area contributed by atoms with Crippen molar-refractivity contribution in [3.63, 3.8) is 0 Å². The predicted octanol–water partition coefficient (Wildman–Crippen LogP) is 3.00. The second-order valence-electron chi connectivity index (χ2n) is 4.14. The maximum atomic E-state index is 11.7. The van der Waals surface area contributed by atoms with Crippen molar-refractivity contribution in [1.29, 1.82) is 0 Å². The van der Waals surface area contributed by atoms with Crippen molar-refractivity contribution < 1.29 is 14.3 Å². The quantitative estimate of drug-likeness (QED) is 0.462. The SMILES string of the molecule is CCCCOC(=O)c1ccc(NC(=O)NCCCl)cc1. The van der Waals surface area contributed by atoms with E-state index in [0.29, 0.717) is 30.3 Å². The van der Waals surface area contributed by atoms with Crippen LogP contribution in [0.3, 0.4) is 0 Å². The van der Waals surface area contributed by atoms with Gasteiger partial charge in [0.2, 0.25) is 0 Å². The zero-order chi connectivity index (χ0) is 14.8. The number of urea groups is 1. The molecule has 0 unspecified atom stereocenters. The van der Waals surface area contributed by atoms with Crippen LogP contribution in [0.5, 0.6) is 0 Å². The van der Waals surface area contributed by atoms with Crippen LogP contribution >= 0.6 is 11.6 Å². The maximum Gasteiger partial charge on any atom is 0.338 e. The molecule has 1 aromatic carbocycles. The third-order valence-electron chi connectivity index (χ3n) is 2.49. The van der Waals surface area contributed by atoms with Crippen LogP contribution in [0.15, 0.2) is 24.3 Å². The molecule has 1 aromatic rings. The number of amides is 2. The molecular formula is C14H19ClN2O3. The molecule has 0 aliphatic rings. The number of alkyl halides is 1. The number of rotatable bonds is 7. The highest BCUT2D eigenvalue weighted by Gasteiger charge is 2.07. The van der Waals surface area contributed by atoms with Crippen LogP contribution in [0.25, 0.3) is 0 Å². The fourth-order valence-electron chi connectivity index (χ4n) is 1.42. The summed E-state index contributed by atoms with van der Waals surface area (Å²) in [7, 11) is 0. The van der Waals surface area contributed by atoms with Crippen molar-refractivity contribution in [3.8, 4) is 0 Å². The largest absolute Gasteiger partial charge is 0.462 e. The van der Waals surface area contributed by atoms with Gasteiger partial charge in [-0.15, -0.1) is 11.6 Å². The van der Waals surface area contributed by atoms with Crippen LogP contribution in [0, 0.1) is 0 Å². The Bertz CT molecular complexity index is 435. The molecule has 0 aliphatic carbocycles. The number of hydrogen-bond acceptors (Lipinski definition) is 3. The highest BCUT2D eigenvalue weighted by atomic mass is 35.5. The average molecular weight is 299 g/mol. The fourth-order valence-corrected chi connectivity index (χ4v) is 1.51. The molecule has 0 fully saturated rings. The van der Waals surface area contributed by atoms with Gasteiger partial charge in [0.25, 0.3) is 0 Å². The lowest BCUT2D eigenvalue weighted by Crippen LogP contribution is -2.30. The lowest BCUT2D eigenvalue weighted by molar-refractivity contribution is 0.0500. The molecule has 2 N–H and O–H groups in total. The summed E-state index contributed by atoms with van der Waals surface area (Å²) in [5.41, 5.74) is 1.06. The van der Waals surface area contributed by atoms with E-state index in [2.05, 4.69) is 10.6 Å². The van der Waals surface area contributed by atoms with Crippen LogP contribution in [-0.4, -0.2) is 31.0 Å². The number of carbonyl (C=O) groups is 2. The van der Waals surface area contributed by atoms with Gasteiger partial charge in [-0.2, -0.15) is 0 Å². The molecule has 110 valence electrons. The molecule has 0 atom stereocenters. The second-order valence-corrected chi connectivity index (χ2v) is 4.51. The van der Waals surface area contributed by atoms with E-state index in [1.807, 2.05) is 6.92 Å². The summed E-state index contributed by atoms with van der Waals surface area (Å²) in [4.78, 5) is 23.0. The van der Waals surface area contributed by atoms with E-state index in [1.165, 1.54) is 0 Å². The van der Waals surface area contributed by atoms with Gasteiger partial charge >= 0.3 is 12.0 Å². The fraction of sp³-hybridized carbons (Fsp3) is 0.429. The number of unbranched alkanes of at least 4 members (excludes halogenated alkanes) is 1. The third kappa shape index (κ3) is 5.93. The van der Waals surface area contributed by atoms with Crippen LogP contribution in [0.4, 0.5) is 10.5 Å². The van der Waals surface area contributed by atoms with Gasteiger partial charge in [0.1, 0.15) is 0 Å². The second kappa shape index (κ2) is 9.20. The Kier molecular flexibility index (Phi) is 7.50. The smallest absolute Gasteiger partial charge is 0.338 e. The number of ether oxygens (including phenoxy) is 1. The minimum atomic E-state index is -0.350. The highest BCUT2D eigenvalue weighted by Crippen LogP contribution is 2.10. The van der Waals surface area contributed by atoms with Gasteiger partial charge in [-0.3, -0.25) is 0 Å². The van der Waals surface area contributed by atoms with E-state index in [0.717, 1.165) is 12.8 Å². The van der Waals surface area contributed by atoms with Gasteiger partial charge < -0.3 is 15.4 Å². The predicted molar refractivity (Wildman–Crippen MR) is 79.4 cm³/mol. The molecule has 0 radical (unpaired) electrons. The summed E-state index contributed by atoms with van der Waals surface area (Å²) in [6.07, 6.45) is 1.83. The molecule has 0 aromatic heterocycles. The summed E-state index contributed by atoms with van der Waals surface area (Å²) in [6, 6.07) is 6.20. The van der Waals surface area contributed by atoms with E-state index in [4.69, 9.17) is 16.3 Å². The maximum absolute atomic E-state index is 11.7. The lowest BCUT2D eigenvalue weighted by Gasteiger charge is -2.07. The molecule has 20 heavy (non-hydrogen) atoms. The Balaban J connectivity index is 2.47. The minimum absolute atomic E-state index is 0.330. The first kappa shape index (κ1) is 16.3. The van der Waals surface area contributed by atoms with Crippen LogP contribution in [0.1, 0.15) is 30.1 Å². The summed E-state index contributed by atoms with van der Waals surface area (Å²) < 4.78 is 5.09. The van der Waals surface area contributed by atoms with Crippen molar-refractivity contribution in [2.75, 3.05) is 24.3 Å². The van der Waals surface area contributed by atoms with E-state index in [9.17, 15) is 9.59 Å². The van der Waals surface area contributed by atoms with Crippen molar-refractivity contribution in [2.45, 2.75) is 19.8 Å². The van der Waals surface area contributed by atoms with E-state index in [-0.39, 0.29) is 12.0 Å². The Morgan fingerprint density at radius 3 is 2.55 bits per heavy atom. The van der Waals surface area contributed by atoms with Gasteiger partial charge in [-0.25, -0.2) is 9.59 Å². The molecule has 5 nitrogen and oxygen atoms in total. The molecule has 0 heterocycles. The van der Waals surface area contributed by atoms with Gasteiger partial charge in [-0.05, 0) is 30.7 Å². The molecular weight excluding hydrogens is 280 g/mol. The zero-order valence-corrected chi connectivity index (χ0v) is 12.2. The van der Waals surface area contributed by atoms with Crippen LogP contribution < -0.4 is 10.6 Å². The summed E-state index contributed by atoms with van der Waals surface area (Å²) >= 11 is 5.46. The number of hydrogen-bond donors (Lipinski definition) is 2. The Labute approximate surface area is 123 Å². The molecule has 0 saturated heterocycles. The third-order valence-corrected chi connectivity index (χ3v) is 2.68. The molecule has 1 rings (SSSR count). The Morgan fingerprint density at radius 2 is 1.95 bits per heavy atom.